The third-order valence-corrected chi connectivity index (χ3v) is 3.25. The number of benzene rings is 1. The maximum absolute atomic E-state index is 12.3. The molecule has 1 aliphatic rings. The van der Waals surface area contributed by atoms with Gasteiger partial charge in [-0.3, -0.25) is 4.57 Å². The summed E-state index contributed by atoms with van der Waals surface area (Å²) < 4.78 is 2.85. The van der Waals surface area contributed by atoms with E-state index in [1.165, 1.54) is 0 Å². The Hall–Kier alpha value is -1.75. The number of amides is 1. The van der Waals surface area contributed by atoms with Crippen LogP contribution in [0.15, 0.2) is 29.1 Å². The van der Waals surface area contributed by atoms with Crippen molar-refractivity contribution in [3.05, 3.63) is 34.7 Å². The molecule has 1 aliphatic carbocycles. The van der Waals surface area contributed by atoms with Crippen molar-refractivity contribution in [2.24, 2.45) is 0 Å². The molecule has 0 radical (unpaired) electrons. The summed E-state index contributed by atoms with van der Waals surface area (Å²) in [7, 11) is 0. The van der Waals surface area contributed by atoms with Crippen LogP contribution in [0.1, 0.15) is 18.9 Å². The third-order valence-electron chi connectivity index (χ3n) is 3.11. The van der Waals surface area contributed by atoms with Crippen molar-refractivity contribution in [1.29, 1.82) is 0 Å². The lowest BCUT2D eigenvalue weighted by molar-refractivity contribution is 0.243. The lowest BCUT2D eigenvalue weighted by Gasteiger charge is -2.01. The first-order chi connectivity index (χ1) is 8.74. The molecular weight excluding hydrogens is 254 g/mol. The standard InChI is InChI=1S/C12H12ClN3O2/c13-7-14-11(17)16-10-4-2-1-3-9(10)15(12(16)18)8-5-6-8/h1-4,8H,5-7H2,(H,14,17). The van der Waals surface area contributed by atoms with E-state index < -0.39 is 6.03 Å². The fourth-order valence-electron chi connectivity index (χ4n) is 2.19. The van der Waals surface area contributed by atoms with Crippen molar-refractivity contribution in [2.45, 2.75) is 18.9 Å². The van der Waals surface area contributed by atoms with Crippen molar-refractivity contribution in [3.8, 4) is 0 Å². The molecule has 6 heteroatoms. The van der Waals surface area contributed by atoms with Gasteiger partial charge in [0.25, 0.3) is 0 Å². The molecule has 1 saturated carbocycles. The van der Waals surface area contributed by atoms with Crippen LogP contribution in [0, 0.1) is 0 Å². The smallest absolute Gasteiger partial charge is 0.324 e. The monoisotopic (exact) mass is 265 g/mol. The molecule has 1 fully saturated rings. The van der Waals surface area contributed by atoms with Crippen LogP contribution in [0.5, 0.6) is 0 Å². The van der Waals surface area contributed by atoms with Crippen LogP contribution in [-0.4, -0.2) is 21.2 Å². The lowest BCUT2D eigenvalue weighted by Crippen LogP contribution is -2.36. The van der Waals surface area contributed by atoms with Gasteiger partial charge >= 0.3 is 11.7 Å². The Morgan fingerprint density at radius 1 is 1.33 bits per heavy atom. The molecule has 0 atom stereocenters. The van der Waals surface area contributed by atoms with E-state index in [0.717, 1.165) is 22.9 Å². The zero-order valence-corrected chi connectivity index (χ0v) is 10.4. The van der Waals surface area contributed by atoms with E-state index in [1.807, 2.05) is 18.2 Å². The summed E-state index contributed by atoms with van der Waals surface area (Å²) in [4.78, 5) is 24.2. The number of rotatable bonds is 2. The number of nitrogens with one attached hydrogen (secondary N) is 1. The Labute approximate surface area is 108 Å². The van der Waals surface area contributed by atoms with Crippen LogP contribution in [0.2, 0.25) is 0 Å². The Kier molecular flexibility index (Phi) is 2.63. The number of para-hydroxylation sites is 2. The van der Waals surface area contributed by atoms with E-state index in [1.54, 1.807) is 10.6 Å². The summed E-state index contributed by atoms with van der Waals surface area (Å²) in [5.41, 5.74) is 1.13. The predicted octanol–water partition coefficient (Wildman–Crippen LogP) is 1.89. The number of halogens is 1. The predicted molar refractivity (Wildman–Crippen MR) is 69.1 cm³/mol. The second kappa shape index (κ2) is 4.17. The highest BCUT2D eigenvalue weighted by atomic mass is 35.5. The normalized spacial score (nSPS) is 14.9. The molecule has 0 unspecified atom stereocenters. The largest absolute Gasteiger partial charge is 0.337 e. The van der Waals surface area contributed by atoms with Gasteiger partial charge in [-0.1, -0.05) is 12.1 Å². The van der Waals surface area contributed by atoms with E-state index in [0.29, 0.717) is 5.52 Å². The molecule has 0 aliphatic heterocycles. The third kappa shape index (κ3) is 1.62. The van der Waals surface area contributed by atoms with Gasteiger partial charge in [0.05, 0.1) is 17.0 Å². The Balaban J connectivity index is 2.27. The zero-order chi connectivity index (χ0) is 12.7. The number of hydrogen-bond donors (Lipinski definition) is 1. The summed E-state index contributed by atoms with van der Waals surface area (Å²) >= 11 is 5.48. The summed E-state index contributed by atoms with van der Waals surface area (Å²) in [6, 6.07) is 7.03. The minimum Gasteiger partial charge on any atom is -0.324 e. The molecule has 0 bridgehead atoms. The lowest BCUT2D eigenvalue weighted by atomic mass is 10.3. The Morgan fingerprint density at radius 3 is 2.61 bits per heavy atom. The SMILES string of the molecule is O=C(NCCl)n1c(=O)n(C2CC2)c2ccccc21. The maximum atomic E-state index is 12.3. The average Bonchev–Trinajstić information content (AvgIpc) is 3.13. The highest BCUT2D eigenvalue weighted by Gasteiger charge is 2.29. The number of fused-ring (bicyclic) bond motifs is 1. The molecule has 3 rings (SSSR count). The Morgan fingerprint density at radius 2 is 2.00 bits per heavy atom. The van der Waals surface area contributed by atoms with Crippen molar-refractivity contribution in [2.75, 3.05) is 6.00 Å². The molecule has 5 nitrogen and oxygen atoms in total. The summed E-state index contributed by atoms with van der Waals surface area (Å²) in [5.74, 6) is 0. The number of alkyl halides is 1. The number of aromatic nitrogens is 2. The van der Waals surface area contributed by atoms with Crippen LogP contribution in [0.25, 0.3) is 11.0 Å². The quantitative estimate of drug-likeness (QED) is 0.666. The molecule has 0 spiro atoms. The molecule has 1 amide bonds. The topological polar surface area (TPSA) is 56.0 Å². The van der Waals surface area contributed by atoms with Crippen LogP contribution in [0.4, 0.5) is 4.79 Å². The fourth-order valence-corrected chi connectivity index (χ4v) is 2.30. The molecule has 94 valence electrons. The van der Waals surface area contributed by atoms with Crippen LogP contribution < -0.4 is 11.0 Å². The molecule has 2 aromatic rings. The van der Waals surface area contributed by atoms with E-state index in [9.17, 15) is 9.59 Å². The first-order valence-corrected chi connectivity index (χ1v) is 6.33. The van der Waals surface area contributed by atoms with E-state index in [-0.39, 0.29) is 17.7 Å². The number of imidazole rings is 1. The van der Waals surface area contributed by atoms with Gasteiger partial charge in [-0.2, -0.15) is 0 Å². The minimum absolute atomic E-state index is 0.0196. The molecule has 1 aromatic carbocycles. The van der Waals surface area contributed by atoms with Gasteiger partial charge in [0, 0.05) is 6.04 Å². The van der Waals surface area contributed by atoms with E-state index in [2.05, 4.69) is 5.32 Å². The molecule has 1 N–H and O–H groups in total. The molecule has 1 heterocycles. The minimum atomic E-state index is -0.481. The highest BCUT2D eigenvalue weighted by molar-refractivity contribution is 6.18. The number of nitrogens with zero attached hydrogens (tertiary/aromatic N) is 2. The summed E-state index contributed by atoms with van der Waals surface area (Å²) in [5, 5.41) is 2.44. The second-order valence-electron chi connectivity index (χ2n) is 4.32. The maximum Gasteiger partial charge on any atom is 0.337 e. The van der Waals surface area contributed by atoms with Gasteiger partial charge in [-0.15, -0.1) is 11.6 Å². The number of hydrogen-bond acceptors (Lipinski definition) is 2. The number of carbonyl (C=O) groups is 1. The molecular formula is C12H12ClN3O2. The van der Waals surface area contributed by atoms with Crippen LogP contribution in [-0.2, 0) is 0 Å². The van der Waals surface area contributed by atoms with Crippen LogP contribution >= 0.6 is 11.6 Å². The van der Waals surface area contributed by atoms with E-state index >= 15 is 0 Å². The first-order valence-electron chi connectivity index (χ1n) is 5.80. The first kappa shape index (κ1) is 11.3. The van der Waals surface area contributed by atoms with Gasteiger partial charge in [0.1, 0.15) is 0 Å². The van der Waals surface area contributed by atoms with Crippen LogP contribution in [0.3, 0.4) is 0 Å². The van der Waals surface area contributed by atoms with E-state index in [4.69, 9.17) is 11.6 Å². The molecule has 18 heavy (non-hydrogen) atoms. The van der Waals surface area contributed by atoms with Gasteiger partial charge in [-0.05, 0) is 25.0 Å². The van der Waals surface area contributed by atoms with Crippen molar-refractivity contribution in [3.63, 3.8) is 0 Å². The van der Waals surface area contributed by atoms with Crippen molar-refractivity contribution in [1.82, 2.24) is 14.5 Å². The number of carbonyl (C=O) groups excluding carboxylic acids is 1. The second-order valence-corrected chi connectivity index (χ2v) is 4.59. The van der Waals surface area contributed by atoms with Crippen molar-refractivity contribution < 1.29 is 4.79 Å². The highest BCUT2D eigenvalue weighted by Crippen LogP contribution is 2.35. The summed E-state index contributed by atoms with van der Waals surface area (Å²) in [6.07, 6.45) is 1.98. The van der Waals surface area contributed by atoms with Gasteiger partial charge in [0.15, 0.2) is 0 Å². The van der Waals surface area contributed by atoms with Gasteiger partial charge in [0.2, 0.25) is 0 Å². The fraction of sp³-hybridized carbons (Fsp3) is 0.333. The Bertz CT molecular complexity index is 670. The van der Waals surface area contributed by atoms with Crippen molar-refractivity contribution >= 4 is 28.7 Å². The molecule has 0 saturated heterocycles. The van der Waals surface area contributed by atoms with Gasteiger partial charge < -0.3 is 5.32 Å². The average molecular weight is 266 g/mol. The summed E-state index contributed by atoms with van der Waals surface area (Å²) in [6.45, 7) is 0. The molecule has 1 aromatic heterocycles. The van der Waals surface area contributed by atoms with Gasteiger partial charge in [-0.25, -0.2) is 14.2 Å². The zero-order valence-electron chi connectivity index (χ0n) is 9.60.